The number of nitrogens with zero attached hydrogens (tertiary/aromatic N) is 2. The number of rotatable bonds is 4. The maximum absolute atomic E-state index is 13.3. The molecule has 0 aliphatic heterocycles. The Morgan fingerprint density at radius 3 is 2.45 bits per heavy atom. The Labute approximate surface area is 188 Å². The Bertz CT molecular complexity index is 1320. The second-order valence-corrected chi connectivity index (χ2v) is 7.66. The average molecular weight is 452 g/mol. The first kappa shape index (κ1) is 21.0. The number of benzene rings is 3. The van der Waals surface area contributed by atoms with Crippen molar-refractivity contribution in [1.29, 1.82) is 0 Å². The van der Waals surface area contributed by atoms with Gasteiger partial charge in [-0.2, -0.15) is 5.10 Å². The Balaban J connectivity index is 1.69. The van der Waals surface area contributed by atoms with E-state index in [1.165, 1.54) is 12.1 Å². The van der Waals surface area contributed by atoms with Crippen molar-refractivity contribution in [2.24, 2.45) is 5.10 Å². The average Bonchev–Trinajstić information content (AvgIpc) is 2.78. The zero-order valence-electron chi connectivity index (χ0n) is 16.4. The van der Waals surface area contributed by atoms with Gasteiger partial charge < -0.3 is 0 Å². The van der Waals surface area contributed by atoms with E-state index in [0.29, 0.717) is 43.5 Å². The summed E-state index contributed by atoms with van der Waals surface area (Å²) in [5.41, 5.74) is 6.24. The molecule has 0 saturated carbocycles. The summed E-state index contributed by atoms with van der Waals surface area (Å²) in [6.45, 7) is 1.76. The molecule has 1 amide bonds. The van der Waals surface area contributed by atoms with Crippen LogP contribution in [0.1, 0.15) is 22.8 Å². The first-order valence-corrected chi connectivity index (χ1v) is 10.1. The maximum atomic E-state index is 13.3. The van der Waals surface area contributed by atoms with Crippen LogP contribution in [0.25, 0.3) is 22.2 Å². The van der Waals surface area contributed by atoms with Crippen LogP contribution in [0.3, 0.4) is 0 Å². The summed E-state index contributed by atoms with van der Waals surface area (Å²) in [6.07, 6.45) is 0. The second kappa shape index (κ2) is 8.84. The third-order valence-electron chi connectivity index (χ3n) is 4.76. The van der Waals surface area contributed by atoms with E-state index in [4.69, 9.17) is 23.2 Å². The monoisotopic (exact) mass is 451 g/mol. The van der Waals surface area contributed by atoms with Gasteiger partial charge in [-0.15, -0.1) is 0 Å². The van der Waals surface area contributed by atoms with E-state index in [2.05, 4.69) is 15.5 Å². The summed E-state index contributed by atoms with van der Waals surface area (Å²) in [7, 11) is 0. The molecule has 0 atom stereocenters. The maximum Gasteiger partial charge on any atom is 0.272 e. The van der Waals surface area contributed by atoms with Crippen molar-refractivity contribution in [2.75, 3.05) is 0 Å². The van der Waals surface area contributed by atoms with Gasteiger partial charge in [0.15, 0.2) is 0 Å². The van der Waals surface area contributed by atoms with Crippen LogP contribution in [0.4, 0.5) is 4.39 Å². The van der Waals surface area contributed by atoms with E-state index in [1.54, 1.807) is 43.3 Å². The van der Waals surface area contributed by atoms with Crippen molar-refractivity contribution in [2.45, 2.75) is 6.92 Å². The number of hydrogen-bond acceptors (Lipinski definition) is 3. The van der Waals surface area contributed by atoms with Gasteiger partial charge in [-0.05, 0) is 61.0 Å². The van der Waals surface area contributed by atoms with Crippen molar-refractivity contribution in [3.05, 3.63) is 99.8 Å². The highest BCUT2D eigenvalue weighted by atomic mass is 35.5. The second-order valence-electron chi connectivity index (χ2n) is 6.85. The topological polar surface area (TPSA) is 54.4 Å². The molecule has 0 saturated heterocycles. The minimum Gasteiger partial charge on any atom is -0.267 e. The van der Waals surface area contributed by atoms with E-state index in [1.807, 2.05) is 24.3 Å². The van der Waals surface area contributed by atoms with E-state index >= 15 is 0 Å². The molecule has 0 aliphatic rings. The van der Waals surface area contributed by atoms with Crippen LogP contribution in [0.5, 0.6) is 0 Å². The molecule has 0 radical (unpaired) electrons. The normalized spacial score (nSPS) is 11.5. The number of fused-ring (bicyclic) bond motifs is 1. The number of nitrogens with one attached hydrogen (secondary N) is 1. The summed E-state index contributed by atoms with van der Waals surface area (Å²) < 4.78 is 13.3. The first-order valence-electron chi connectivity index (χ1n) is 9.38. The number of pyridine rings is 1. The number of carbonyl (C=O) groups excluding carboxylic acids is 1. The largest absolute Gasteiger partial charge is 0.272 e. The number of para-hydroxylation sites is 1. The highest BCUT2D eigenvalue weighted by Crippen LogP contribution is 2.25. The van der Waals surface area contributed by atoms with E-state index in [-0.39, 0.29) is 11.7 Å². The molecule has 0 unspecified atom stereocenters. The predicted molar refractivity (Wildman–Crippen MR) is 123 cm³/mol. The smallest absolute Gasteiger partial charge is 0.267 e. The predicted octanol–water partition coefficient (Wildman–Crippen LogP) is 6.50. The molecule has 1 aromatic heterocycles. The zero-order chi connectivity index (χ0) is 22.0. The van der Waals surface area contributed by atoms with Crippen molar-refractivity contribution in [3.8, 4) is 11.3 Å². The molecule has 0 aliphatic carbocycles. The lowest BCUT2D eigenvalue weighted by Gasteiger charge is -2.10. The number of amides is 1. The molecule has 154 valence electrons. The molecule has 3 aromatic carbocycles. The van der Waals surface area contributed by atoms with Crippen LogP contribution in [-0.4, -0.2) is 16.6 Å². The quantitative estimate of drug-likeness (QED) is 0.284. The van der Waals surface area contributed by atoms with Gasteiger partial charge in [0.25, 0.3) is 5.91 Å². The molecular formula is C24H16Cl2FN3O. The number of hydrogen-bond donors (Lipinski definition) is 1. The molecule has 31 heavy (non-hydrogen) atoms. The molecular weight excluding hydrogens is 436 g/mol. The molecule has 7 heteroatoms. The van der Waals surface area contributed by atoms with Crippen molar-refractivity contribution < 1.29 is 9.18 Å². The van der Waals surface area contributed by atoms with Crippen LogP contribution in [-0.2, 0) is 0 Å². The van der Waals surface area contributed by atoms with E-state index in [0.717, 1.165) is 5.56 Å². The SMILES string of the molecule is CC(=NNC(=O)c1cc(-c2ccc(F)cc2)nc2ccccc12)c1ccc(Cl)c(Cl)c1. The third-order valence-corrected chi connectivity index (χ3v) is 5.50. The van der Waals surface area contributed by atoms with Gasteiger partial charge in [-0.25, -0.2) is 14.8 Å². The van der Waals surface area contributed by atoms with Crippen LogP contribution in [0.15, 0.2) is 77.9 Å². The van der Waals surface area contributed by atoms with Crippen molar-refractivity contribution >= 4 is 45.7 Å². The highest BCUT2D eigenvalue weighted by Gasteiger charge is 2.14. The summed E-state index contributed by atoms with van der Waals surface area (Å²) in [5, 5.41) is 5.75. The minimum absolute atomic E-state index is 0.338. The Hall–Kier alpha value is -3.28. The Morgan fingerprint density at radius 1 is 0.968 bits per heavy atom. The zero-order valence-corrected chi connectivity index (χ0v) is 17.9. The fourth-order valence-corrected chi connectivity index (χ4v) is 3.41. The summed E-state index contributed by atoms with van der Waals surface area (Å²) >= 11 is 12.0. The molecule has 1 heterocycles. The Morgan fingerprint density at radius 2 is 1.71 bits per heavy atom. The van der Waals surface area contributed by atoms with Gasteiger partial charge >= 0.3 is 0 Å². The lowest BCUT2D eigenvalue weighted by atomic mass is 10.0. The molecule has 0 spiro atoms. The Kier molecular flexibility index (Phi) is 5.98. The van der Waals surface area contributed by atoms with E-state index < -0.39 is 0 Å². The van der Waals surface area contributed by atoms with Gasteiger partial charge in [0.2, 0.25) is 0 Å². The summed E-state index contributed by atoms with van der Waals surface area (Å²) in [4.78, 5) is 17.6. The van der Waals surface area contributed by atoms with Crippen LogP contribution >= 0.6 is 23.2 Å². The molecule has 0 bridgehead atoms. The van der Waals surface area contributed by atoms with Crippen LogP contribution in [0.2, 0.25) is 10.0 Å². The summed E-state index contributed by atoms with van der Waals surface area (Å²) in [5.74, 6) is -0.726. The molecule has 0 fully saturated rings. The minimum atomic E-state index is -0.388. The van der Waals surface area contributed by atoms with Gasteiger partial charge in [-0.3, -0.25) is 4.79 Å². The van der Waals surface area contributed by atoms with Crippen molar-refractivity contribution in [1.82, 2.24) is 10.4 Å². The third kappa shape index (κ3) is 4.58. The molecule has 4 aromatic rings. The van der Waals surface area contributed by atoms with Gasteiger partial charge in [-0.1, -0.05) is 47.5 Å². The fourth-order valence-electron chi connectivity index (χ4n) is 3.11. The molecule has 1 N–H and O–H groups in total. The standard InChI is InChI=1S/C24H16Cl2FN3O/c1-14(16-8-11-20(25)21(26)12-16)29-30-24(31)19-13-23(15-6-9-17(27)10-7-15)28-22-5-3-2-4-18(19)22/h2-13H,1H3,(H,30,31). The van der Waals surface area contributed by atoms with Gasteiger partial charge in [0.05, 0.1) is 32.5 Å². The van der Waals surface area contributed by atoms with Crippen LogP contribution in [0, 0.1) is 5.82 Å². The number of carbonyl (C=O) groups is 1. The molecule has 4 rings (SSSR count). The van der Waals surface area contributed by atoms with Gasteiger partial charge in [0, 0.05) is 10.9 Å². The molecule has 4 nitrogen and oxygen atoms in total. The fraction of sp³-hybridized carbons (Fsp3) is 0.0417. The summed E-state index contributed by atoms with van der Waals surface area (Å²) in [6, 6.07) is 20.1. The first-order chi connectivity index (χ1) is 14.9. The van der Waals surface area contributed by atoms with Crippen molar-refractivity contribution in [3.63, 3.8) is 0 Å². The highest BCUT2D eigenvalue weighted by molar-refractivity contribution is 6.42. The number of hydrazone groups is 1. The van der Waals surface area contributed by atoms with Gasteiger partial charge in [0.1, 0.15) is 5.82 Å². The lowest BCUT2D eigenvalue weighted by molar-refractivity contribution is 0.0956. The van der Waals surface area contributed by atoms with Crippen LogP contribution < -0.4 is 5.43 Å². The number of halogens is 3. The lowest BCUT2D eigenvalue weighted by Crippen LogP contribution is -2.20. The number of aromatic nitrogens is 1. The van der Waals surface area contributed by atoms with E-state index in [9.17, 15) is 9.18 Å².